The van der Waals surface area contributed by atoms with Crippen molar-refractivity contribution in [2.75, 3.05) is 27.1 Å². The number of thioether (sulfide) groups is 1. The number of rotatable bonds is 6. The first kappa shape index (κ1) is 18.8. The van der Waals surface area contributed by atoms with E-state index in [-0.39, 0.29) is 0 Å². The molecule has 0 radical (unpaired) electrons. The molecule has 26 heavy (non-hydrogen) atoms. The highest BCUT2D eigenvalue weighted by Crippen LogP contribution is 2.46. The quantitative estimate of drug-likeness (QED) is 0.758. The Morgan fingerprint density at radius 2 is 1.69 bits per heavy atom. The molecule has 2 aromatic rings. The maximum Gasteiger partial charge on any atom is 0.203 e. The first-order valence-corrected chi connectivity index (χ1v) is 9.44. The summed E-state index contributed by atoms with van der Waals surface area (Å²) in [6, 6.07) is 13.5. The standard InChI is InChI=1S/C19H21NO4S2/c1-22-15-9-14(10-16(23-2)17(15)24-3)19(21)12-26-18(25)20(19)11-13-7-5-4-6-8-13/h4-10,21H,11-12H2,1-3H3. The van der Waals surface area contributed by atoms with Crippen LogP contribution in [0.1, 0.15) is 11.1 Å². The first-order valence-electron chi connectivity index (χ1n) is 8.04. The van der Waals surface area contributed by atoms with Crippen LogP contribution in [0.5, 0.6) is 17.2 Å². The second-order valence-corrected chi connectivity index (χ2v) is 7.47. The summed E-state index contributed by atoms with van der Waals surface area (Å²) in [7, 11) is 4.67. The van der Waals surface area contributed by atoms with Crippen molar-refractivity contribution in [3.8, 4) is 17.2 Å². The van der Waals surface area contributed by atoms with E-state index < -0.39 is 5.72 Å². The highest BCUT2D eigenvalue weighted by molar-refractivity contribution is 8.23. The van der Waals surface area contributed by atoms with Gasteiger partial charge in [-0.1, -0.05) is 54.3 Å². The molecule has 1 N–H and O–H groups in total. The Hall–Kier alpha value is -1.96. The molecule has 2 aromatic carbocycles. The lowest BCUT2D eigenvalue weighted by Gasteiger charge is -2.35. The Kier molecular flexibility index (Phi) is 5.60. The lowest BCUT2D eigenvalue weighted by atomic mass is 10.0. The van der Waals surface area contributed by atoms with Crippen LogP contribution in [0.3, 0.4) is 0 Å². The number of hydrogen-bond donors (Lipinski definition) is 1. The van der Waals surface area contributed by atoms with Gasteiger partial charge in [0.1, 0.15) is 4.32 Å². The van der Waals surface area contributed by atoms with Crippen molar-refractivity contribution in [2.24, 2.45) is 0 Å². The number of ether oxygens (including phenoxy) is 3. The van der Waals surface area contributed by atoms with Gasteiger partial charge in [-0.2, -0.15) is 0 Å². The topological polar surface area (TPSA) is 51.2 Å². The van der Waals surface area contributed by atoms with Gasteiger partial charge in [-0.3, -0.25) is 0 Å². The van der Waals surface area contributed by atoms with Crippen molar-refractivity contribution in [1.29, 1.82) is 0 Å². The predicted molar refractivity (Wildman–Crippen MR) is 107 cm³/mol. The second-order valence-electron chi connectivity index (χ2n) is 5.86. The van der Waals surface area contributed by atoms with E-state index >= 15 is 0 Å². The smallest absolute Gasteiger partial charge is 0.203 e. The monoisotopic (exact) mass is 391 g/mol. The molecule has 0 saturated carbocycles. The maximum absolute atomic E-state index is 11.5. The van der Waals surface area contributed by atoms with E-state index in [1.807, 2.05) is 35.2 Å². The van der Waals surface area contributed by atoms with Gasteiger partial charge in [0.15, 0.2) is 17.2 Å². The summed E-state index contributed by atoms with van der Waals surface area (Å²) in [6.07, 6.45) is 0. The minimum absolute atomic E-state index is 0.428. The number of nitrogens with zero attached hydrogens (tertiary/aromatic N) is 1. The van der Waals surface area contributed by atoms with E-state index in [9.17, 15) is 5.11 Å². The van der Waals surface area contributed by atoms with E-state index in [4.69, 9.17) is 26.4 Å². The van der Waals surface area contributed by atoms with Gasteiger partial charge in [-0.05, 0) is 17.7 Å². The van der Waals surface area contributed by atoms with Crippen molar-refractivity contribution >= 4 is 28.3 Å². The van der Waals surface area contributed by atoms with Crippen molar-refractivity contribution in [3.05, 3.63) is 53.6 Å². The fourth-order valence-corrected chi connectivity index (χ4v) is 4.39. The second kappa shape index (κ2) is 7.73. The Balaban J connectivity index is 2.04. The third-order valence-electron chi connectivity index (χ3n) is 4.37. The maximum atomic E-state index is 11.5. The summed E-state index contributed by atoms with van der Waals surface area (Å²) < 4.78 is 16.9. The molecule has 1 atom stereocenters. The Labute approximate surface area is 162 Å². The lowest BCUT2D eigenvalue weighted by Crippen LogP contribution is -2.44. The molecule has 1 aliphatic heterocycles. The van der Waals surface area contributed by atoms with Crippen molar-refractivity contribution < 1.29 is 19.3 Å². The zero-order valence-electron chi connectivity index (χ0n) is 14.9. The molecule has 7 heteroatoms. The number of thiocarbonyl (C=S) groups is 1. The molecule has 1 fully saturated rings. The molecule has 5 nitrogen and oxygen atoms in total. The number of aliphatic hydroxyl groups is 1. The van der Waals surface area contributed by atoms with Gasteiger partial charge < -0.3 is 24.2 Å². The van der Waals surface area contributed by atoms with Crippen LogP contribution in [0.25, 0.3) is 0 Å². The van der Waals surface area contributed by atoms with E-state index in [1.165, 1.54) is 11.8 Å². The summed E-state index contributed by atoms with van der Waals surface area (Å²) in [5.41, 5.74) is 0.461. The fraction of sp³-hybridized carbons (Fsp3) is 0.316. The molecular weight excluding hydrogens is 370 g/mol. The Bertz CT molecular complexity index is 774. The molecule has 1 aliphatic rings. The van der Waals surface area contributed by atoms with Crippen LogP contribution in [0.2, 0.25) is 0 Å². The number of benzene rings is 2. The number of hydrogen-bond acceptors (Lipinski definition) is 6. The third kappa shape index (κ3) is 3.34. The summed E-state index contributed by atoms with van der Waals surface area (Å²) in [4.78, 5) is 1.84. The zero-order valence-corrected chi connectivity index (χ0v) is 16.5. The van der Waals surface area contributed by atoms with Crippen LogP contribution in [0.4, 0.5) is 0 Å². The molecule has 0 amide bonds. The minimum atomic E-state index is -1.26. The van der Waals surface area contributed by atoms with Gasteiger partial charge in [0.05, 0.1) is 27.1 Å². The molecular formula is C19H21NO4S2. The highest BCUT2D eigenvalue weighted by Gasteiger charge is 2.45. The molecule has 0 aliphatic carbocycles. The minimum Gasteiger partial charge on any atom is -0.493 e. The molecule has 1 saturated heterocycles. The van der Waals surface area contributed by atoms with Crippen LogP contribution < -0.4 is 14.2 Å². The average molecular weight is 392 g/mol. The first-order chi connectivity index (χ1) is 12.5. The van der Waals surface area contributed by atoms with Gasteiger partial charge in [-0.15, -0.1) is 0 Å². The zero-order chi connectivity index (χ0) is 18.7. The van der Waals surface area contributed by atoms with Gasteiger partial charge in [0.2, 0.25) is 5.75 Å². The summed E-state index contributed by atoms with van der Waals surface area (Å²) in [5, 5.41) is 11.5. The third-order valence-corrected chi connectivity index (χ3v) is 5.96. The van der Waals surface area contributed by atoms with Crippen molar-refractivity contribution in [3.63, 3.8) is 0 Å². The number of methoxy groups -OCH3 is 3. The SMILES string of the molecule is COc1cc(C2(O)CSC(=S)N2Cc2ccccc2)cc(OC)c1OC. The van der Waals surface area contributed by atoms with E-state index in [1.54, 1.807) is 33.5 Å². The summed E-state index contributed by atoms with van der Waals surface area (Å²) in [6.45, 7) is 0.514. The Morgan fingerprint density at radius 1 is 1.08 bits per heavy atom. The van der Waals surface area contributed by atoms with Gasteiger partial charge in [0, 0.05) is 12.1 Å². The van der Waals surface area contributed by atoms with E-state index in [0.717, 1.165) is 5.56 Å². The molecule has 1 heterocycles. The van der Waals surface area contributed by atoms with Crippen LogP contribution in [0.15, 0.2) is 42.5 Å². The van der Waals surface area contributed by atoms with E-state index in [0.29, 0.717) is 39.4 Å². The van der Waals surface area contributed by atoms with Gasteiger partial charge in [-0.25, -0.2) is 0 Å². The van der Waals surface area contributed by atoms with Crippen LogP contribution in [-0.2, 0) is 12.3 Å². The van der Waals surface area contributed by atoms with E-state index in [2.05, 4.69) is 0 Å². The van der Waals surface area contributed by atoms with Crippen LogP contribution >= 0.6 is 24.0 Å². The van der Waals surface area contributed by atoms with Crippen molar-refractivity contribution in [1.82, 2.24) is 4.90 Å². The lowest BCUT2D eigenvalue weighted by molar-refractivity contribution is -0.0511. The summed E-state index contributed by atoms with van der Waals surface area (Å²) in [5.74, 6) is 1.91. The Morgan fingerprint density at radius 3 is 2.23 bits per heavy atom. The molecule has 1 unspecified atom stereocenters. The predicted octanol–water partition coefficient (Wildman–Crippen LogP) is 3.39. The van der Waals surface area contributed by atoms with Crippen LogP contribution in [0, 0.1) is 0 Å². The normalized spacial score (nSPS) is 19.5. The van der Waals surface area contributed by atoms with Crippen molar-refractivity contribution in [2.45, 2.75) is 12.3 Å². The summed E-state index contributed by atoms with van der Waals surface area (Å²) >= 11 is 6.96. The average Bonchev–Trinajstić information content (AvgIpc) is 2.97. The molecule has 0 bridgehead atoms. The largest absolute Gasteiger partial charge is 0.493 e. The molecule has 138 valence electrons. The van der Waals surface area contributed by atoms with Gasteiger partial charge >= 0.3 is 0 Å². The van der Waals surface area contributed by atoms with Gasteiger partial charge in [0.25, 0.3) is 0 Å². The highest BCUT2D eigenvalue weighted by atomic mass is 32.2. The molecule has 0 aromatic heterocycles. The molecule has 3 rings (SSSR count). The molecule has 0 spiro atoms. The van der Waals surface area contributed by atoms with Crippen LogP contribution in [-0.4, -0.2) is 41.4 Å². The fourth-order valence-electron chi connectivity index (χ4n) is 2.98.